The van der Waals surface area contributed by atoms with Crippen LogP contribution in [0, 0.1) is 6.92 Å². The average molecular weight is 402 g/mol. The molecule has 3 nitrogen and oxygen atoms in total. The van der Waals surface area contributed by atoms with Gasteiger partial charge in [0.25, 0.3) is 0 Å². The minimum Gasteiger partial charge on any atom is -0.328 e. The summed E-state index contributed by atoms with van der Waals surface area (Å²) in [5.41, 5.74) is 1.93. The van der Waals surface area contributed by atoms with Crippen LogP contribution in [-0.4, -0.2) is 23.5 Å². The zero-order valence-corrected chi connectivity index (χ0v) is 14.3. The standard InChI is InChI=1S/C15H11BrF3N3S/c1-9-4-10(12-7-20-14(16)23-12)6-11(5-9)22-3-2-13(21-8-22)15(17,18)19/h2-7H,8H2,1H3. The van der Waals surface area contributed by atoms with Crippen molar-refractivity contribution in [3.8, 4) is 10.4 Å². The third-order valence-corrected chi connectivity index (χ3v) is 4.78. The Morgan fingerprint density at radius 1 is 1.26 bits per heavy atom. The van der Waals surface area contributed by atoms with E-state index in [1.54, 1.807) is 11.1 Å². The molecule has 2 heterocycles. The van der Waals surface area contributed by atoms with Gasteiger partial charge in [-0.15, -0.1) is 11.3 Å². The maximum atomic E-state index is 12.6. The zero-order valence-electron chi connectivity index (χ0n) is 11.9. The molecule has 0 N–H and O–H groups in total. The minimum atomic E-state index is -4.41. The van der Waals surface area contributed by atoms with E-state index >= 15 is 0 Å². The summed E-state index contributed by atoms with van der Waals surface area (Å²) >= 11 is 4.83. The number of benzene rings is 1. The lowest BCUT2D eigenvalue weighted by Gasteiger charge is -2.23. The topological polar surface area (TPSA) is 28.5 Å². The summed E-state index contributed by atoms with van der Waals surface area (Å²) in [7, 11) is 0. The van der Waals surface area contributed by atoms with Crippen molar-refractivity contribution in [2.45, 2.75) is 13.1 Å². The molecule has 0 unspecified atom stereocenters. The second kappa shape index (κ2) is 6.09. The molecule has 0 radical (unpaired) electrons. The fraction of sp³-hybridized carbons (Fsp3) is 0.200. The highest BCUT2D eigenvalue weighted by Gasteiger charge is 2.34. The van der Waals surface area contributed by atoms with E-state index in [9.17, 15) is 13.2 Å². The van der Waals surface area contributed by atoms with E-state index in [2.05, 4.69) is 25.9 Å². The molecule has 0 fully saturated rings. The van der Waals surface area contributed by atoms with Crippen molar-refractivity contribution in [3.05, 3.63) is 46.2 Å². The van der Waals surface area contributed by atoms with Gasteiger partial charge in [0.05, 0.1) is 4.88 Å². The van der Waals surface area contributed by atoms with Gasteiger partial charge in [0, 0.05) is 18.1 Å². The molecule has 0 aliphatic carbocycles. The smallest absolute Gasteiger partial charge is 0.328 e. The van der Waals surface area contributed by atoms with E-state index in [-0.39, 0.29) is 6.67 Å². The lowest BCUT2D eigenvalue weighted by Crippen LogP contribution is -2.29. The third kappa shape index (κ3) is 3.64. The Morgan fingerprint density at radius 2 is 2.04 bits per heavy atom. The maximum absolute atomic E-state index is 12.6. The normalized spacial score (nSPS) is 15.0. The first-order valence-electron chi connectivity index (χ1n) is 6.63. The Hall–Kier alpha value is -1.67. The van der Waals surface area contributed by atoms with Crippen molar-refractivity contribution in [2.75, 3.05) is 11.6 Å². The van der Waals surface area contributed by atoms with Crippen LogP contribution in [0.2, 0.25) is 0 Å². The molecular weight excluding hydrogens is 391 g/mol. The Labute approximate surface area is 143 Å². The number of allylic oxidation sites excluding steroid dienone is 1. The molecule has 1 aliphatic heterocycles. The van der Waals surface area contributed by atoms with Crippen LogP contribution in [0.1, 0.15) is 5.56 Å². The first-order valence-corrected chi connectivity index (χ1v) is 8.24. The first kappa shape index (κ1) is 16.2. The molecule has 8 heteroatoms. The molecule has 0 spiro atoms. The van der Waals surface area contributed by atoms with Crippen LogP contribution < -0.4 is 4.90 Å². The second-order valence-corrected chi connectivity index (χ2v) is 7.31. The predicted octanol–water partition coefficient (Wildman–Crippen LogP) is 5.18. The fourth-order valence-corrected chi connectivity index (χ4v) is 3.48. The number of aliphatic imine (C=N–C) groups is 1. The summed E-state index contributed by atoms with van der Waals surface area (Å²) < 4.78 is 38.6. The van der Waals surface area contributed by atoms with Crippen LogP contribution in [0.25, 0.3) is 10.4 Å². The lowest BCUT2D eigenvalue weighted by atomic mass is 10.1. The van der Waals surface area contributed by atoms with Gasteiger partial charge < -0.3 is 4.90 Å². The van der Waals surface area contributed by atoms with Crippen molar-refractivity contribution < 1.29 is 13.2 Å². The molecular formula is C15H11BrF3N3S. The van der Waals surface area contributed by atoms with Gasteiger partial charge in [0.2, 0.25) is 0 Å². The molecule has 0 atom stereocenters. The number of aryl methyl sites for hydroxylation is 1. The van der Waals surface area contributed by atoms with Gasteiger partial charge in [0.15, 0.2) is 3.92 Å². The van der Waals surface area contributed by atoms with Gasteiger partial charge in [-0.3, -0.25) is 4.99 Å². The highest BCUT2D eigenvalue weighted by atomic mass is 79.9. The summed E-state index contributed by atoms with van der Waals surface area (Å²) in [4.78, 5) is 10.4. The SMILES string of the molecule is Cc1cc(-c2cnc(Br)s2)cc(N2C=CC(C(F)(F)F)=NC2)c1. The molecule has 3 rings (SSSR count). The number of halogens is 4. The number of nitrogens with zero attached hydrogens (tertiary/aromatic N) is 3. The molecule has 0 bridgehead atoms. The third-order valence-electron chi connectivity index (χ3n) is 3.25. The van der Waals surface area contributed by atoms with Gasteiger partial charge >= 0.3 is 6.18 Å². The molecule has 0 amide bonds. The molecule has 1 aliphatic rings. The highest BCUT2D eigenvalue weighted by Crippen LogP contribution is 2.33. The van der Waals surface area contributed by atoms with Gasteiger partial charge in [-0.1, -0.05) is 6.07 Å². The van der Waals surface area contributed by atoms with Crippen molar-refractivity contribution in [1.82, 2.24) is 4.98 Å². The van der Waals surface area contributed by atoms with E-state index in [1.165, 1.54) is 17.5 Å². The molecule has 2 aromatic rings. The Kier molecular flexibility index (Phi) is 4.29. The number of hydrogen-bond donors (Lipinski definition) is 0. The number of hydrogen-bond acceptors (Lipinski definition) is 4. The molecule has 23 heavy (non-hydrogen) atoms. The average Bonchev–Trinajstić information content (AvgIpc) is 2.92. The van der Waals surface area contributed by atoms with Crippen molar-refractivity contribution >= 4 is 38.7 Å². The Bertz CT molecular complexity index is 796. The summed E-state index contributed by atoms with van der Waals surface area (Å²) in [6.07, 6.45) is -0.236. The minimum absolute atomic E-state index is 0.0549. The molecule has 120 valence electrons. The second-order valence-electron chi connectivity index (χ2n) is 5.00. The predicted molar refractivity (Wildman–Crippen MR) is 90.0 cm³/mol. The van der Waals surface area contributed by atoms with Crippen LogP contribution in [-0.2, 0) is 0 Å². The lowest BCUT2D eigenvalue weighted by molar-refractivity contribution is -0.0579. The Balaban J connectivity index is 1.89. The van der Waals surface area contributed by atoms with Gasteiger partial charge in [-0.25, -0.2) is 4.98 Å². The number of rotatable bonds is 2. The number of alkyl halides is 3. The van der Waals surface area contributed by atoms with Gasteiger partial charge in [-0.05, 0) is 52.2 Å². The summed E-state index contributed by atoms with van der Waals surface area (Å²) in [5.74, 6) is 0. The highest BCUT2D eigenvalue weighted by molar-refractivity contribution is 9.11. The van der Waals surface area contributed by atoms with E-state index in [0.717, 1.165) is 31.7 Å². The van der Waals surface area contributed by atoms with E-state index in [0.29, 0.717) is 0 Å². The van der Waals surface area contributed by atoms with Gasteiger partial charge in [0.1, 0.15) is 12.4 Å². The molecule has 0 saturated heterocycles. The first-order chi connectivity index (χ1) is 10.8. The number of aromatic nitrogens is 1. The van der Waals surface area contributed by atoms with Crippen molar-refractivity contribution in [1.29, 1.82) is 0 Å². The van der Waals surface area contributed by atoms with E-state index in [1.807, 2.05) is 25.1 Å². The van der Waals surface area contributed by atoms with Crippen LogP contribution in [0.4, 0.5) is 18.9 Å². The summed E-state index contributed by atoms with van der Waals surface area (Å²) in [5, 5.41) is 0. The fourth-order valence-electron chi connectivity index (χ4n) is 2.22. The monoisotopic (exact) mass is 401 g/mol. The number of anilines is 1. The van der Waals surface area contributed by atoms with Crippen molar-refractivity contribution in [3.63, 3.8) is 0 Å². The van der Waals surface area contributed by atoms with Crippen molar-refractivity contribution in [2.24, 2.45) is 4.99 Å². The van der Waals surface area contributed by atoms with E-state index < -0.39 is 11.9 Å². The van der Waals surface area contributed by atoms with Crippen LogP contribution in [0.5, 0.6) is 0 Å². The van der Waals surface area contributed by atoms with Crippen LogP contribution >= 0.6 is 27.3 Å². The summed E-state index contributed by atoms with van der Waals surface area (Å²) in [6, 6.07) is 5.85. The molecule has 0 saturated carbocycles. The van der Waals surface area contributed by atoms with E-state index in [4.69, 9.17) is 0 Å². The quantitative estimate of drug-likeness (QED) is 0.693. The van der Waals surface area contributed by atoms with Gasteiger partial charge in [-0.2, -0.15) is 13.2 Å². The molecule has 1 aromatic heterocycles. The zero-order chi connectivity index (χ0) is 16.6. The summed E-state index contributed by atoms with van der Waals surface area (Å²) in [6.45, 7) is 1.89. The Morgan fingerprint density at radius 3 is 2.61 bits per heavy atom. The largest absolute Gasteiger partial charge is 0.433 e. The maximum Gasteiger partial charge on any atom is 0.433 e. The number of thiazole rings is 1. The van der Waals surface area contributed by atoms with Crippen LogP contribution in [0.15, 0.2) is 45.6 Å². The molecule has 1 aromatic carbocycles. The van der Waals surface area contributed by atoms with Crippen LogP contribution in [0.3, 0.4) is 0 Å².